The lowest BCUT2D eigenvalue weighted by Crippen LogP contribution is -2.35. The molecule has 0 saturated carbocycles. The van der Waals surface area contributed by atoms with Gasteiger partial charge in [0.1, 0.15) is 5.78 Å². The fourth-order valence-corrected chi connectivity index (χ4v) is 3.11. The van der Waals surface area contributed by atoms with Crippen molar-refractivity contribution in [3.63, 3.8) is 0 Å². The minimum atomic E-state index is 0.303. The second-order valence-electron chi connectivity index (χ2n) is 6.42. The number of likely N-dealkylation sites (tertiary alicyclic amines) is 1. The van der Waals surface area contributed by atoms with Gasteiger partial charge in [0, 0.05) is 31.2 Å². The van der Waals surface area contributed by atoms with Crippen molar-refractivity contribution in [1.29, 1.82) is 0 Å². The Morgan fingerprint density at radius 1 is 1.43 bits per heavy atom. The van der Waals surface area contributed by atoms with Gasteiger partial charge in [0.05, 0.1) is 5.69 Å². The summed E-state index contributed by atoms with van der Waals surface area (Å²) >= 11 is 0. The first-order valence-electron chi connectivity index (χ1n) is 8.37. The van der Waals surface area contributed by atoms with Crippen LogP contribution in [0.4, 0.5) is 0 Å². The molecular weight excluding hydrogens is 262 g/mol. The molecule has 118 valence electrons. The third-order valence-electron chi connectivity index (χ3n) is 4.59. The van der Waals surface area contributed by atoms with Gasteiger partial charge in [-0.15, -0.1) is 0 Å². The van der Waals surface area contributed by atoms with Crippen LogP contribution < -0.4 is 0 Å². The van der Waals surface area contributed by atoms with E-state index in [0.717, 1.165) is 31.6 Å². The summed E-state index contributed by atoms with van der Waals surface area (Å²) in [5.41, 5.74) is 1.13. The van der Waals surface area contributed by atoms with Gasteiger partial charge in [-0.2, -0.15) is 5.10 Å². The van der Waals surface area contributed by atoms with Crippen LogP contribution >= 0.6 is 0 Å². The minimum Gasteiger partial charge on any atom is -0.300 e. The molecule has 2 atom stereocenters. The molecule has 2 unspecified atom stereocenters. The second kappa shape index (κ2) is 7.74. The summed E-state index contributed by atoms with van der Waals surface area (Å²) in [5, 5.41) is 4.71. The Hall–Kier alpha value is -1.16. The molecule has 0 amide bonds. The molecule has 0 aromatic carbocycles. The third-order valence-corrected chi connectivity index (χ3v) is 4.59. The van der Waals surface area contributed by atoms with Crippen LogP contribution in [0.3, 0.4) is 0 Å². The van der Waals surface area contributed by atoms with Gasteiger partial charge in [-0.1, -0.05) is 19.8 Å². The number of ketones is 1. The molecule has 1 aromatic rings. The standard InChI is InChI=1S/C17H29N3O/c1-4-14(2)20-11-9-16(18-20)13-19-10-7-5-6-8-17(19)12-15(3)21/h9,11,14,17H,4-8,10,12-13H2,1-3H3. The van der Waals surface area contributed by atoms with E-state index in [2.05, 4.69) is 35.7 Å². The molecule has 0 spiro atoms. The molecule has 0 radical (unpaired) electrons. The average Bonchev–Trinajstić information content (AvgIpc) is 2.81. The third kappa shape index (κ3) is 4.67. The number of rotatable bonds is 6. The molecule has 2 heterocycles. The molecule has 0 bridgehead atoms. The Labute approximate surface area is 128 Å². The Bertz CT molecular complexity index is 455. The van der Waals surface area contributed by atoms with Crippen molar-refractivity contribution in [3.8, 4) is 0 Å². The van der Waals surface area contributed by atoms with Crippen LogP contribution in [0.25, 0.3) is 0 Å². The zero-order valence-corrected chi connectivity index (χ0v) is 13.7. The van der Waals surface area contributed by atoms with E-state index < -0.39 is 0 Å². The predicted octanol–water partition coefficient (Wildman–Crippen LogP) is 3.58. The number of carbonyl (C=O) groups is 1. The molecule has 1 saturated heterocycles. The maximum Gasteiger partial charge on any atom is 0.131 e. The monoisotopic (exact) mass is 291 g/mol. The second-order valence-corrected chi connectivity index (χ2v) is 6.42. The van der Waals surface area contributed by atoms with Gasteiger partial charge in [-0.25, -0.2) is 0 Å². The molecule has 21 heavy (non-hydrogen) atoms. The summed E-state index contributed by atoms with van der Waals surface area (Å²) in [6, 6.07) is 2.98. The normalized spacial score (nSPS) is 22.0. The summed E-state index contributed by atoms with van der Waals surface area (Å²) in [7, 11) is 0. The highest BCUT2D eigenvalue weighted by Gasteiger charge is 2.23. The average molecular weight is 291 g/mol. The SMILES string of the molecule is CCC(C)n1ccc(CN2CCCCCC2CC(C)=O)n1. The molecule has 4 heteroatoms. The predicted molar refractivity (Wildman–Crippen MR) is 85.2 cm³/mol. The van der Waals surface area contributed by atoms with Crippen LogP contribution in [0, 0.1) is 0 Å². The van der Waals surface area contributed by atoms with Gasteiger partial charge in [0.25, 0.3) is 0 Å². The van der Waals surface area contributed by atoms with Gasteiger partial charge < -0.3 is 0 Å². The van der Waals surface area contributed by atoms with Crippen molar-refractivity contribution in [2.45, 2.75) is 77.9 Å². The fraction of sp³-hybridized carbons (Fsp3) is 0.765. The van der Waals surface area contributed by atoms with Crippen LogP contribution in [0.5, 0.6) is 0 Å². The van der Waals surface area contributed by atoms with Crippen molar-refractivity contribution in [2.75, 3.05) is 6.54 Å². The number of Topliss-reactive ketones (excluding diaryl/α,β-unsaturated/α-hetero) is 1. The number of carbonyl (C=O) groups excluding carboxylic acids is 1. The summed E-state index contributed by atoms with van der Waals surface area (Å²) < 4.78 is 2.06. The summed E-state index contributed by atoms with van der Waals surface area (Å²) in [5.74, 6) is 0.303. The number of hydrogen-bond donors (Lipinski definition) is 0. The Kier molecular flexibility index (Phi) is 5.97. The van der Waals surface area contributed by atoms with Gasteiger partial charge in [-0.3, -0.25) is 14.4 Å². The van der Waals surface area contributed by atoms with Crippen molar-refractivity contribution < 1.29 is 4.79 Å². The molecule has 2 rings (SSSR count). The van der Waals surface area contributed by atoms with Crippen LogP contribution in [0.1, 0.15) is 71.0 Å². The quantitative estimate of drug-likeness (QED) is 0.804. The first-order valence-corrected chi connectivity index (χ1v) is 8.37. The van der Waals surface area contributed by atoms with E-state index in [1.807, 2.05) is 0 Å². The van der Waals surface area contributed by atoms with E-state index in [9.17, 15) is 4.79 Å². The highest BCUT2D eigenvalue weighted by Crippen LogP contribution is 2.21. The topological polar surface area (TPSA) is 38.1 Å². The number of hydrogen-bond acceptors (Lipinski definition) is 3. The lowest BCUT2D eigenvalue weighted by atomic mass is 10.0. The van der Waals surface area contributed by atoms with Crippen molar-refractivity contribution >= 4 is 5.78 Å². The van der Waals surface area contributed by atoms with Gasteiger partial charge >= 0.3 is 0 Å². The van der Waals surface area contributed by atoms with E-state index in [-0.39, 0.29) is 0 Å². The van der Waals surface area contributed by atoms with E-state index >= 15 is 0 Å². The van der Waals surface area contributed by atoms with E-state index in [1.54, 1.807) is 6.92 Å². The maximum atomic E-state index is 11.5. The molecule has 1 aromatic heterocycles. The Balaban J connectivity index is 2.03. The molecule has 0 N–H and O–H groups in total. The van der Waals surface area contributed by atoms with E-state index in [4.69, 9.17) is 5.10 Å². The summed E-state index contributed by atoms with van der Waals surface area (Å²) in [6.07, 6.45) is 8.78. The molecule has 1 aliphatic heterocycles. The van der Waals surface area contributed by atoms with Crippen LogP contribution in [0.2, 0.25) is 0 Å². The van der Waals surface area contributed by atoms with Gasteiger partial charge in [0.2, 0.25) is 0 Å². The van der Waals surface area contributed by atoms with Crippen LogP contribution in [0.15, 0.2) is 12.3 Å². The first kappa shape index (κ1) is 16.2. The van der Waals surface area contributed by atoms with Crippen molar-refractivity contribution in [2.24, 2.45) is 0 Å². The zero-order valence-electron chi connectivity index (χ0n) is 13.7. The highest BCUT2D eigenvalue weighted by molar-refractivity contribution is 5.76. The maximum absolute atomic E-state index is 11.5. The lowest BCUT2D eigenvalue weighted by Gasteiger charge is -2.28. The van der Waals surface area contributed by atoms with Gasteiger partial charge in [-0.05, 0) is 45.7 Å². The van der Waals surface area contributed by atoms with E-state index in [0.29, 0.717) is 24.3 Å². The lowest BCUT2D eigenvalue weighted by molar-refractivity contribution is -0.118. The molecule has 4 nitrogen and oxygen atoms in total. The van der Waals surface area contributed by atoms with Crippen molar-refractivity contribution in [1.82, 2.24) is 14.7 Å². The number of nitrogens with zero attached hydrogens (tertiary/aromatic N) is 3. The number of aromatic nitrogens is 2. The Morgan fingerprint density at radius 2 is 2.24 bits per heavy atom. The zero-order chi connectivity index (χ0) is 15.2. The summed E-state index contributed by atoms with van der Waals surface area (Å²) in [4.78, 5) is 14.0. The molecular formula is C17H29N3O. The van der Waals surface area contributed by atoms with Gasteiger partial charge in [0.15, 0.2) is 0 Å². The largest absolute Gasteiger partial charge is 0.300 e. The molecule has 1 fully saturated rings. The first-order chi connectivity index (χ1) is 10.1. The Morgan fingerprint density at radius 3 is 2.95 bits per heavy atom. The fourth-order valence-electron chi connectivity index (χ4n) is 3.11. The molecule has 0 aliphatic carbocycles. The molecule has 1 aliphatic rings. The van der Waals surface area contributed by atoms with Crippen molar-refractivity contribution in [3.05, 3.63) is 18.0 Å². The van der Waals surface area contributed by atoms with Crippen LogP contribution in [-0.2, 0) is 11.3 Å². The highest BCUT2D eigenvalue weighted by atomic mass is 16.1. The minimum absolute atomic E-state index is 0.303. The summed E-state index contributed by atoms with van der Waals surface area (Å²) in [6.45, 7) is 8.06. The smallest absolute Gasteiger partial charge is 0.131 e. The van der Waals surface area contributed by atoms with E-state index in [1.165, 1.54) is 19.3 Å². The van der Waals surface area contributed by atoms with Crippen LogP contribution in [-0.4, -0.2) is 33.1 Å².